The van der Waals surface area contributed by atoms with E-state index in [1.54, 1.807) is 12.4 Å². The first-order valence-electron chi connectivity index (χ1n) is 8.41. The van der Waals surface area contributed by atoms with Crippen LogP contribution in [0.15, 0.2) is 42.7 Å². The normalized spacial score (nSPS) is 17.2. The van der Waals surface area contributed by atoms with Crippen LogP contribution in [0.5, 0.6) is 0 Å². The van der Waals surface area contributed by atoms with Gasteiger partial charge in [-0.25, -0.2) is 4.79 Å². The van der Waals surface area contributed by atoms with Crippen LogP contribution in [0.4, 0.5) is 10.5 Å². The molecule has 0 radical (unpaired) electrons. The van der Waals surface area contributed by atoms with Crippen molar-refractivity contribution in [3.05, 3.63) is 48.3 Å². The molecule has 25 heavy (non-hydrogen) atoms. The fourth-order valence-electron chi connectivity index (χ4n) is 3.11. The summed E-state index contributed by atoms with van der Waals surface area (Å²) < 4.78 is 0. The highest BCUT2D eigenvalue weighted by atomic mass is 16.2. The molecule has 3 N–H and O–H groups in total. The highest BCUT2D eigenvalue weighted by Crippen LogP contribution is 2.26. The molecule has 1 aromatic heterocycles. The average molecular weight is 338 g/mol. The summed E-state index contributed by atoms with van der Waals surface area (Å²) in [4.78, 5) is 29.5. The molecule has 6 nitrogen and oxygen atoms in total. The molecule has 3 amide bonds. The molecule has 130 valence electrons. The lowest BCUT2D eigenvalue weighted by Gasteiger charge is -2.30. The number of carbonyl (C=O) groups is 2. The quantitative estimate of drug-likeness (QED) is 0.902. The van der Waals surface area contributed by atoms with E-state index < -0.39 is 6.03 Å². The third kappa shape index (κ3) is 3.96. The van der Waals surface area contributed by atoms with Crippen LogP contribution in [-0.4, -0.2) is 34.9 Å². The third-order valence-electron chi connectivity index (χ3n) is 4.61. The predicted molar refractivity (Wildman–Crippen MR) is 96.9 cm³/mol. The van der Waals surface area contributed by atoms with Gasteiger partial charge in [0.15, 0.2) is 0 Å². The van der Waals surface area contributed by atoms with Crippen molar-refractivity contribution >= 4 is 17.6 Å². The number of carbonyl (C=O) groups excluding carboxylic acids is 2. The number of hydrogen-bond acceptors (Lipinski definition) is 3. The molecule has 1 saturated heterocycles. The molecule has 0 spiro atoms. The second kappa shape index (κ2) is 7.34. The molecule has 1 fully saturated rings. The Balaban J connectivity index is 1.76. The summed E-state index contributed by atoms with van der Waals surface area (Å²) in [5.41, 5.74) is 9.19. The number of likely N-dealkylation sites (tertiary alicyclic amines) is 1. The topological polar surface area (TPSA) is 88.3 Å². The number of nitrogens with one attached hydrogen (secondary N) is 1. The van der Waals surface area contributed by atoms with Gasteiger partial charge in [-0.05, 0) is 54.7 Å². The number of primary amides is 1. The fraction of sp³-hybridized carbons (Fsp3) is 0.316. The van der Waals surface area contributed by atoms with Crippen LogP contribution >= 0.6 is 0 Å². The lowest BCUT2D eigenvalue weighted by atomic mass is 9.96. The minimum Gasteiger partial charge on any atom is -0.351 e. The maximum atomic E-state index is 12.6. The van der Waals surface area contributed by atoms with Crippen molar-refractivity contribution in [1.82, 2.24) is 9.88 Å². The molecule has 1 aliphatic heterocycles. The summed E-state index contributed by atoms with van der Waals surface area (Å²) in [6.07, 6.45) is 5.04. The van der Waals surface area contributed by atoms with Crippen LogP contribution in [-0.2, 0) is 4.79 Å². The van der Waals surface area contributed by atoms with Gasteiger partial charge in [0.05, 0.1) is 5.92 Å². The lowest BCUT2D eigenvalue weighted by molar-refractivity contribution is -0.121. The van der Waals surface area contributed by atoms with Gasteiger partial charge in [0, 0.05) is 31.2 Å². The van der Waals surface area contributed by atoms with Crippen LogP contribution < -0.4 is 11.1 Å². The van der Waals surface area contributed by atoms with E-state index >= 15 is 0 Å². The largest absolute Gasteiger partial charge is 0.351 e. The molecule has 2 heterocycles. The monoisotopic (exact) mass is 338 g/mol. The zero-order valence-corrected chi connectivity index (χ0v) is 14.2. The van der Waals surface area contributed by atoms with Gasteiger partial charge in [-0.1, -0.05) is 12.1 Å². The molecule has 1 aromatic carbocycles. The van der Waals surface area contributed by atoms with Crippen LogP contribution in [0.25, 0.3) is 11.1 Å². The van der Waals surface area contributed by atoms with Gasteiger partial charge in [0.1, 0.15) is 0 Å². The summed E-state index contributed by atoms with van der Waals surface area (Å²) in [5.74, 6) is -0.300. The van der Waals surface area contributed by atoms with Crippen LogP contribution in [0.2, 0.25) is 0 Å². The molecule has 6 heteroatoms. The predicted octanol–water partition coefficient (Wildman–Crippen LogP) is 2.79. The van der Waals surface area contributed by atoms with Gasteiger partial charge in [-0.2, -0.15) is 0 Å². The summed E-state index contributed by atoms with van der Waals surface area (Å²) in [5, 5.41) is 3.02. The van der Waals surface area contributed by atoms with Crippen LogP contribution in [0.1, 0.15) is 18.4 Å². The number of hydrogen-bond donors (Lipinski definition) is 2. The first-order valence-corrected chi connectivity index (χ1v) is 8.41. The zero-order chi connectivity index (χ0) is 17.8. The van der Waals surface area contributed by atoms with Crippen LogP contribution in [0, 0.1) is 12.8 Å². The van der Waals surface area contributed by atoms with E-state index in [4.69, 9.17) is 5.73 Å². The van der Waals surface area contributed by atoms with Crippen molar-refractivity contribution < 1.29 is 9.59 Å². The molecule has 1 atom stereocenters. The Bertz CT molecular complexity index is 776. The van der Waals surface area contributed by atoms with Gasteiger partial charge in [0.2, 0.25) is 5.91 Å². The molecule has 0 saturated carbocycles. The molecule has 1 unspecified atom stereocenters. The first kappa shape index (κ1) is 17.0. The number of urea groups is 1. The second-order valence-corrected chi connectivity index (χ2v) is 6.38. The van der Waals surface area contributed by atoms with Crippen molar-refractivity contribution in [2.24, 2.45) is 11.7 Å². The number of nitrogens with two attached hydrogens (primary N) is 1. The number of anilines is 1. The Kier molecular flexibility index (Phi) is 4.97. The van der Waals surface area contributed by atoms with Gasteiger partial charge in [-0.15, -0.1) is 0 Å². The van der Waals surface area contributed by atoms with E-state index in [0.29, 0.717) is 13.1 Å². The van der Waals surface area contributed by atoms with Crippen molar-refractivity contribution in [3.8, 4) is 11.1 Å². The lowest BCUT2D eigenvalue weighted by Crippen LogP contribution is -2.46. The molecule has 3 rings (SSSR count). The summed E-state index contributed by atoms with van der Waals surface area (Å²) in [7, 11) is 0. The Morgan fingerprint density at radius 1 is 1.20 bits per heavy atom. The third-order valence-corrected chi connectivity index (χ3v) is 4.61. The number of benzene rings is 1. The molecule has 0 aliphatic carbocycles. The smallest absolute Gasteiger partial charge is 0.314 e. The van der Waals surface area contributed by atoms with Crippen molar-refractivity contribution in [1.29, 1.82) is 0 Å². The summed E-state index contributed by atoms with van der Waals surface area (Å²) >= 11 is 0. The Hall–Kier alpha value is -2.89. The first-order chi connectivity index (χ1) is 12.0. The average Bonchev–Trinajstić information content (AvgIpc) is 2.64. The molecule has 1 aliphatic rings. The number of aryl methyl sites for hydroxylation is 1. The Morgan fingerprint density at radius 3 is 2.68 bits per heavy atom. The Labute approximate surface area is 147 Å². The van der Waals surface area contributed by atoms with E-state index in [2.05, 4.69) is 10.3 Å². The Morgan fingerprint density at radius 2 is 1.96 bits per heavy atom. The van der Waals surface area contributed by atoms with Gasteiger partial charge in [0.25, 0.3) is 0 Å². The number of rotatable bonds is 3. The van der Waals surface area contributed by atoms with E-state index in [0.717, 1.165) is 35.2 Å². The molecule has 0 bridgehead atoms. The van der Waals surface area contributed by atoms with Gasteiger partial charge in [-0.3, -0.25) is 9.78 Å². The van der Waals surface area contributed by atoms with E-state index in [9.17, 15) is 9.59 Å². The molecule has 2 aromatic rings. The number of aromatic nitrogens is 1. The standard InChI is InChI=1S/C19H22N4O2/c1-13-4-5-15(14-6-8-21-9-7-14)11-17(13)22-18(24)16-3-2-10-23(12-16)19(20)25/h4-9,11,16H,2-3,10,12H2,1H3,(H2,20,25)(H,22,24). The van der Waals surface area contributed by atoms with Gasteiger partial charge >= 0.3 is 6.03 Å². The maximum absolute atomic E-state index is 12.6. The van der Waals surface area contributed by atoms with Gasteiger partial charge < -0.3 is 16.0 Å². The van der Waals surface area contributed by atoms with Crippen molar-refractivity contribution in [3.63, 3.8) is 0 Å². The van der Waals surface area contributed by atoms with Crippen molar-refractivity contribution in [2.45, 2.75) is 19.8 Å². The summed E-state index contributed by atoms with van der Waals surface area (Å²) in [6.45, 7) is 2.96. The minimum atomic E-state index is -0.464. The van der Waals surface area contributed by atoms with E-state index in [1.165, 1.54) is 4.90 Å². The molecular formula is C19H22N4O2. The highest BCUT2D eigenvalue weighted by Gasteiger charge is 2.27. The number of pyridine rings is 1. The number of nitrogens with zero attached hydrogens (tertiary/aromatic N) is 2. The zero-order valence-electron chi connectivity index (χ0n) is 14.2. The minimum absolute atomic E-state index is 0.0686. The summed E-state index contributed by atoms with van der Waals surface area (Å²) in [6, 6.07) is 9.38. The highest BCUT2D eigenvalue weighted by molar-refractivity contribution is 5.94. The van der Waals surface area contributed by atoms with E-state index in [-0.39, 0.29) is 11.8 Å². The number of piperidine rings is 1. The van der Waals surface area contributed by atoms with Crippen LogP contribution in [0.3, 0.4) is 0 Å². The number of amides is 3. The molecular weight excluding hydrogens is 316 g/mol. The van der Waals surface area contributed by atoms with E-state index in [1.807, 2.05) is 37.3 Å². The second-order valence-electron chi connectivity index (χ2n) is 6.38. The maximum Gasteiger partial charge on any atom is 0.314 e. The van der Waals surface area contributed by atoms with Crippen molar-refractivity contribution in [2.75, 3.05) is 18.4 Å². The SMILES string of the molecule is Cc1ccc(-c2ccncc2)cc1NC(=O)C1CCCN(C(N)=O)C1. The fourth-order valence-corrected chi connectivity index (χ4v) is 3.11.